The normalized spacial score (nSPS) is 15.7. The van der Waals surface area contributed by atoms with Gasteiger partial charge in [-0.2, -0.15) is 0 Å². The summed E-state index contributed by atoms with van der Waals surface area (Å²) in [7, 11) is 0. The Morgan fingerprint density at radius 3 is 2.70 bits per heavy atom. The molecule has 0 aliphatic carbocycles. The third kappa shape index (κ3) is 3.94. The Morgan fingerprint density at radius 1 is 1.22 bits per heavy atom. The van der Waals surface area contributed by atoms with Crippen LogP contribution in [0.4, 0.5) is 4.39 Å². The third-order valence-corrected chi connectivity index (χ3v) is 5.61. The second-order valence-corrected chi connectivity index (χ2v) is 7.55. The molecule has 2 heterocycles. The van der Waals surface area contributed by atoms with Crippen LogP contribution in [0.1, 0.15) is 18.4 Å². The second kappa shape index (κ2) is 7.62. The first-order valence-corrected chi connectivity index (χ1v) is 9.75. The highest BCUT2D eigenvalue weighted by Gasteiger charge is 2.23. The van der Waals surface area contributed by atoms with Crippen LogP contribution in [0, 0.1) is 5.82 Å². The van der Waals surface area contributed by atoms with E-state index in [0.29, 0.717) is 16.5 Å². The number of amides is 1. The van der Waals surface area contributed by atoms with Gasteiger partial charge < -0.3 is 15.0 Å². The fourth-order valence-corrected chi connectivity index (χ4v) is 4.01. The van der Waals surface area contributed by atoms with E-state index in [4.69, 9.17) is 4.74 Å². The minimum atomic E-state index is -0.287. The summed E-state index contributed by atoms with van der Waals surface area (Å²) in [4.78, 5) is 18.9. The molecule has 3 aromatic rings. The lowest BCUT2D eigenvalue weighted by atomic mass is 9.99. The van der Waals surface area contributed by atoms with Crippen molar-refractivity contribution in [1.82, 2.24) is 15.2 Å². The first kappa shape index (κ1) is 17.9. The van der Waals surface area contributed by atoms with E-state index in [1.165, 1.54) is 23.5 Å². The van der Waals surface area contributed by atoms with Gasteiger partial charge in [-0.25, -0.2) is 9.37 Å². The molecule has 7 heteroatoms. The highest BCUT2D eigenvalue weighted by molar-refractivity contribution is 7.20. The van der Waals surface area contributed by atoms with Crippen LogP contribution in [-0.2, 0) is 4.79 Å². The molecule has 0 saturated carbocycles. The van der Waals surface area contributed by atoms with Crippen molar-refractivity contribution in [2.75, 3.05) is 26.2 Å². The van der Waals surface area contributed by atoms with E-state index in [-0.39, 0.29) is 17.6 Å². The minimum absolute atomic E-state index is 0.151. The summed E-state index contributed by atoms with van der Waals surface area (Å²) in [5.41, 5.74) is 1.67. The van der Waals surface area contributed by atoms with Gasteiger partial charge >= 0.3 is 0 Å². The van der Waals surface area contributed by atoms with Crippen LogP contribution in [0.25, 0.3) is 10.2 Å². The summed E-state index contributed by atoms with van der Waals surface area (Å²) in [6, 6.07) is 12.0. The average Bonchev–Trinajstić information content (AvgIpc) is 3.09. The predicted molar refractivity (Wildman–Crippen MR) is 104 cm³/mol. The van der Waals surface area contributed by atoms with Crippen LogP contribution in [0.3, 0.4) is 0 Å². The lowest BCUT2D eigenvalue weighted by molar-refractivity contribution is -0.133. The molecule has 1 unspecified atom stereocenters. The van der Waals surface area contributed by atoms with E-state index in [2.05, 4.69) is 10.3 Å². The molecule has 1 aliphatic heterocycles. The van der Waals surface area contributed by atoms with Gasteiger partial charge in [-0.05, 0) is 42.8 Å². The quantitative estimate of drug-likeness (QED) is 0.743. The van der Waals surface area contributed by atoms with Gasteiger partial charge in [0.25, 0.3) is 5.19 Å². The van der Waals surface area contributed by atoms with Gasteiger partial charge in [0.05, 0.1) is 16.1 Å². The molecule has 1 N–H and O–H groups in total. The van der Waals surface area contributed by atoms with E-state index in [1.54, 1.807) is 6.07 Å². The molecular weight excluding hydrogens is 365 g/mol. The molecule has 1 saturated heterocycles. The number of benzene rings is 2. The number of carbonyl (C=O) groups excluding carboxylic acids is 1. The van der Waals surface area contributed by atoms with Crippen molar-refractivity contribution in [2.24, 2.45) is 0 Å². The van der Waals surface area contributed by atoms with Crippen LogP contribution >= 0.6 is 11.3 Å². The van der Waals surface area contributed by atoms with Crippen molar-refractivity contribution >= 4 is 27.5 Å². The van der Waals surface area contributed by atoms with Gasteiger partial charge in [0.15, 0.2) is 0 Å². The molecule has 27 heavy (non-hydrogen) atoms. The standard InChI is InChI=1S/C20H20FN3O2S/c1-13(19(25)24-10-8-22-9-11-24)14-2-5-16(6-3-14)26-20-23-17-7-4-15(21)12-18(17)27-20/h2-7,12-13,22H,8-11H2,1H3. The zero-order chi connectivity index (χ0) is 18.8. The Bertz CT molecular complexity index is 952. The molecule has 0 bridgehead atoms. The van der Waals surface area contributed by atoms with Crippen molar-refractivity contribution in [3.8, 4) is 10.9 Å². The van der Waals surface area contributed by atoms with Gasteiger partial charge in [0.1, 0.15) is 11.6 Å². The number of nitrogens with one attached hydrogen (secondary N) is 1. The monoisotopic (exact) mass is 385 g/mol. The SMILES string of the molecule is CC(C(=O)N1CCNCC1)c1ccc(Oc2nc3ccc(F)cc3s2)cc1. The summed E-state index contributed by atoms with van der Waals surface area (Å²) in [5.74, 6) is 0.311. The molecule has 5 nitrogen and oxygen atoms in total. The lowest BCUT2D eigenvalue weighted by Gasteiger charge is -2.30. The molecule has 0 spiro atoms. The largest absolute Gasteiger partial charge is 0.431 e. The minimum Gasteiger partial charge on any atom is -0.431 e. The van der Waals surface area contributed by atoms with Crippen molar-refractivity contribution in [1.29, 1.82) is 0 Å². The molecule has 1 atom stereocenters. The number of piperazine rings is 1. The van der Waals surface area contributed by atoms with Crippen LogP contribution < -0.4 is 10.1 Å². The highest BCUT2D eigenvalue weighted by Crippen LogP contribution is 2.32. The van der Waals surface area contributed by atoms with Gasteiger partial charge in [-0.3, -0.25) is 4.79 Å². The maximum atomic E-state index is 13.3. The summed E-state index contributed by atoms with van der Waals surface area (Å²) in [6.45, 7) is 5.13. The number of hydrogen-bond donors (Lipinski definition) is 1. The molecule has 4 rings (SSSR count). The molecule has 1 fully saturated rings. The molecular formula is C20H20FN3O2S. The number of ether oxygens (including phenoxy) is 1. The first-order chi connectivity index (χ1) is 13.1. The Hall–Kier alpha value is -2.51. The van der Waals surface area contributed by atoms with Gasteiger partial charge in [-0.15, -0.1) is 0 Å². The average molecular weight is 385 g/mol. The number of nitrogens with zero attached hydrogens (tertiary/aromatic N) is 2. The number of thiazole rings is 1. The maximum Gasteiger partial charge on any atom is 0.279 e. The van der Waals surface area contributed by atoms with Gasteiger partial charge in [-0.1, -0.05) is 23.5 Å². The summed E-state index contributed by atoms with van der Waals surface area (Å²) >= 11 is 1.30. The molecule has 0 radical (unpaired) electrons. The van der Waals surface area contributed by atoms with E-state index >= 15 is 0 Å². The van der Waals surface area contributed by atoms with Crippen molar-refractivity contribution in [3.63, 3.8) is 0 Å². The number of hydrogen-bond acceptors (Lipinski definition) is 5. The second-order valence-electron chi connectivity index (χ2n) is 6.56. The zero-order valence-corrected chi connectivity index (χ0v) is 15.8. The third-order valence-electron chi connectivity index (χ3n) is 4.72. The smallest absolute Gasteiger partial charge is 0.279 e. The van der Waals surface area contributed by atoms with Crippen LogP contribution in [0.15, 0.2) is 42.5 Å². The van der Waals surface area contributed by atoms with E-state index in [1.807, 2.05) is 36.1 Å². The fraction of sp³-hybridized carbons (Fsp3) is 0.300. The van der Waals surface area contributed by atoms with Crippen LogP contribution in [-0.4, -0.2) is 42.0 Å². The van der Waals surface area contributed by atoms with E-state index in [9.17, 15) is 9.18 Å². The number of aromatic nitrogens is 1. The first-order valence-electron chi connectivity index (χ1n) is 8.93. The molecule has 1 aromatic heterocycles. The van der Waals surface area contributed by atoms with Gasteiger partial charge in [0.2, 0.25) is 5.91 Å². The predicted octanol–water partition coefficient (Wildman–Crippen LogP) is 3.76. The lowest BCUT2D eigenvalue weighted by Crippen LogP contribution is -2.47. The number of fused-ring (bicyclic) bond motifs is 1. The Morgan fingerprint density at radius 2 is 1.96 bits per heavy atom. The van der Waals surface area contributed by atoms with Crippen LogP contribution in [0.2, 0.25) is 0 Å². The summed E-state index contributed by atoms with van der Waals surface area (Å²) in [5, 5.41) is 3.72. The van der Waals surface area contributed by atoms with Crippen LogP contribution in [0.5, 0.6) is 10.9 Å². The molecule has 140 valence electrons. The highest BCUT2D eigenvalue weighted by atomic mass is 32.1. The Balaban J connectivity index is 1.45. The molecule has 1 amide bonds. The topological polar surface area (TPSA) is 54.5 Å². The molecule has 1 aliphatic rings. The Kier molecular flexibility index (Phi) is 5.05. The number of rotatable bonds is 4. The van der Waals surface area contributed by atoms with Gasteiger partial charge in [0, 0.05) is 26.2 Å². The van der Waals surface area contributed by atoms with E-state index in [0.717, 1.165) is 36.4 Å². The summed E-state index contributed by atoms with van der Waals surface area (Å²) in [6.07, 6.45) is 0. The number of halogens is 1. The summed E-state index contributed by atoms with van der Waals surface area (Å²) < 4.78 is 19.8. The Labute approximate surface area is 160 Å². The van der Waals surface area contributed by atoms with E-state index < -0.39 is 0 Å². The zero-order valence-electron chi connectivity index (χ0n) is 14.9. The van der Waals surface area contributed by atoms with Crippen molar-refractivity contribution in [3.05, 3.63) is 53.8 Å². The van der Waals surface area contributed by atoms with Crippen molar-refractivity contribution in [2.45, 2.75) is 12.8 Å². The molecule has 2 aromatic carbocycles. The number of carbonyl (C=O) groups is 1. The fourth-order valence-electron chi connectivity index (χ4n) is 3.15. The van der Waals surface area contributed by atoms with Crippen molar-refractivity contribution < 1.29 is 13.9 Å². The maximum absolute atomic E-state index is 13.3.